The van der Waals surface area contributed by atoms with Crippen LogP contribution in [0.25, 0.3) is 17.1 Å². The minimum Gasteiger partial charge on any atom is -0.497 e. The fourth-order valence-corrected chi connectivity index (χ4v) is 4.38. The van der Waals surface area contributed by atoms with E-state index in [4.69, 9.17) is 9.47 Å². The molecule has 1 aromatic carbocycles. The summed E-state index contributed by atoms with van der Waals surface area (Å²) < 4.78 is 14.4. The molecule has 4 heterocycles. The van der Waals surface area contributed by atoms with Gasteiger partial charge in [-0.3, -0.25) is 14.0 Å². The summed E-state index contributed by atoms with van der Waals surface area (Å²) in [5.41, 5.74) is 1.94. The fourth-order valence-electron chi connectivity index (χ4n) is 4.38. The number of methoxy groups -OCH3 is 2. The van der Waals surface area contributed by atoms with Crippen LogP contribution < -0.4 is 14.4 Å². The summed E-state index contributed by atoms with van der Waals surface area (Å²) in [7, 11) is 5.00. The number of nitrogens with zero attached hydrogens (tertiary/aromatic N) is 8. The maximum Gasteiger partial charge on any atom is 0.272 e. The molecule has 11 heteroatoms. The largest absolute Gasteiger partial charge is 0.497 e. The molecule has 1 aliphatic rings. The smallest absolute Gasteiger partial charge is 0.272 e. The Hall–Kier alpha value is -4.41. The van der Waals surface area contributed by atoms with Crippen LogP contribution in [0.3, 0.4) is 0 Å². The number of imidazole rings is 1. The first kappa shape index (κ1) is 23.3. The first-order valence-electron chi connectivity index (χ1n) is 11.6. The molecule has 1 aliphatic heterocycles. The molecule has 0 atom stereocenters. The molecule has 1 amide bonds. The van der Waals surface area contributed by atoms with E-state index in [0.717, 1.165) is 23.0 Å². The van der Waals surface area contributed by atoms with Crippen molar-refractivity contribution in [2.45, 2.75) is 6.92 Å². The van der Waals surface area contributed by atoms with Crippen LogP contribution in [-0.2, 0) is 7.05 Å². The van der Waals surface area contributed by atoms with Gasteiger partial charge in [0.2, 0.25) is 0 Å². The number of piperazine rings is 1. The average molecular weight is 489 g/mol. The second-order valence-electron chi connectivity index (χ2n) is 8.46. The lowest BCUT2D eigenvalue weighted by Gasteiger charge is -2.35. The van der Waals surface area contributed by atoms with Crippen molar-refractivity contribution in [1.29, 1.82) is 0 Å². The SMILES string of the molecule is COc1ccc(OC)c(-c2cc(C(=O)N3CCN(c4cc(-n5ccnc5C)ncn4)CC3)n(C)n2)c1. The number of hydrogen-bond acceptors (Lipinski definition) is 8. The van der Waals surface area contributed by atoms with Gasteiger partial charge in [-0.2, -0.15) is 5.10 Å². The monoisotopic (exact) mass is 488 g/mol. The molecule has 5 rings (SSSR count). The van der Waals surface area contributed by atoms with E-state index in [-0.39, 0.29) is 5.91 Å². The fraction of sp³-hybridized carbons (Fsp3) is 0.320. The number of anilines is 1. The summed E-state index contributed by atoms with van der Waals surface area (Å²) in [5, 5.41) is 4.58. The van der Waals surface area contributed by atoms with Crippen molar-refractivity contribution >= 4 is 11.7 Å². The standard InChI is InChI=1S/C25H28N8O3/c1-17-26-7-8-33(17)24-15-23(27-16-28-24)31-9-11-32(12-10-31)25(34)21-14-20(29-30(21)2)19-13-18(35-3)5-6-22(19)36-4/h5-8,13-16H,9-12H2,1-4H3. The van der Waals surface area contributed by atoms with Gasteiger partial charge in [-0.05, 0) is 31.2 Å². The molecule has 0 spiro atoms. The van der Waals surface area contributed by atoms with E-state index in [1.807, 2.05) is 46.9 Å². The van der Waals surface area contributed by atoms with Crippen LogP contribution in [0, 0.1) is 6.92 Å². The molecule has 3 aromatic heterocycles. The molecule has 36 heavy (non-hydrogen) atoms. The summed E-state index contributed by atoms with van der Waals surface area (Å²) >= 11 is 0. The van der Waals surface area contributed by atoms with E-state index in [1.165, 1.54) is 0 Å². The Morgan fingerprint density at radius 1 is 0.944 bits per heavy atom. The lowest BCUT2D eigenvalue weighted by Crippen LogP contribution is -2.49. The molecule has 0 aliphatic carbocycles. The van der Waals surface area contributed by atoms with Crippen molar-refractivity contribution in [3.63, 3.8) is 0 Å². The van der Waals surface area contributed by atoms with Gasteiger partial charge in [0.1, 0.15) is 41.0 Å². The molecule has 1 saturated heterocycles. The molecular weight excluding hydrogens is 460 g/mol. The third kappa shape index (κ3) is 4.35. The Labute approximate surface area is 208 Å². The van der Waals surface area contributed by atoms with Gasteiger partial charge in [0.05, 0.1) is 19.9 Å². The number of ether oxygens (including phenoxy) is 2. The summed E-state index contributed by atoms with van der Waals surface area (Å²) in [4.78, 5) is 30.5. The molecular formula is C25H28N8O3. The van der Waals surface area contributed by atoms with Crippen molar-refractivity contribution in [3.05, 3.63) is 60.6 Å². The number of rotatable bonds is 6. The van der Waals surface area contributed by atoms with Crippen LogP contribution >= 0.6 is 0 Å². The second-order valence-corrected chi connectivity index (χ2v) is 8.46. The molecule has 0 unspecified atom stereocenters. The predicted molar refractivity (Wildman–Crippen MR) is 134 cm³/mol. The van der Waals surface area contributed by atoms with Crippen LogP contribution in [0.1, 0.15) is 16.3 Å². The van der Waals surface area contributed by atoms with E-state index in [9.17, 15) is 4.79 Å². The number of benzene rings is 1. The Kier molecular flexibility index (Phi) is 6.28. The summed E-state index contributed by atoms with van der Waals surface area (Å²) in [6, 6.07) is 9.26. The molecule has 11 nitrogen and oxygen atoms in total. The van der Waals surface area contributed by atoms with E-state index < -0.39 is 0 Å². The first-order valence-corrected chi connectivity index (χ1v) is 11.6. The molecule has 0 bridgehead atoms. The summed E-state index contributed by atoms with van der Waals surface area (Å²) in [6.45, 7) is 4.41. The molecule has 4 aromatic rings. The topological polar surface area (TPSA) is 103 Å². The van der Waals surface area contributed by atoms with E-state index in [1.54, 1.807) is 44.5 Å². The summed E-state index contributed by atoms with van der Waals surface area (Å²) in [6.07, 6.45) is 5.18. The van der Waals surface area contributed by atoms with Gasteiger partial charge in [0, 0.05) is 57.3 Å². The third-order valence-corrected chi connectivity index (χ3v) is 6.38. The van der Waals surface area contributed by atoms with Crippen LogP contribution in [0.4, 0.5) is 5.82 Å². The molecule has 0 N–H and O–H groups in total. The predicted octanol–water partition coefficient (Wildman–Crippen LogP) is 2.35. The molecule has 0 saturated carbocycles. The molecule has 186 valence electrons. The zero-order valence-electron chi connectivity index (χ0n) is 20.7. The Balaban J connectivity index is 1.30. The normalized spacial score (nSPS) is 13.7. The van der Waals surface area contributed by atoms with Crippen LogP contribution in [0.2, 0.25) is 0 Å². The number of carbonyl (C=O) groups is 1. The molecule has 0 radical (unpaired) electrons. The number of aryl methyl sites for hydroxylation is 2. The van der Waals surface area contributed by atoms with Gasteiger partial charge in [-0.1, -0.05) is 0 Å². The van der Waals surface area contributed by atoms with Crippen molar-refractivity contribution in [2.75, 3.05) is 45.3 Å². The number of carbonyl (C=O) groups excluding carboxylic acids is 1. The Bertz CT molecular complexity index is 1390. The minimum atomic E-state index is -0.0600. The zero-order valence-corrected chi connectivity index (χ0v) is 20.7. The maximum absolute atomic E-state index is 13.4. The lowest BCUT2D eigenvalue weighted by molar-refractivity contribution is 0.0735. The quantitative estimate of drug-likeness (QED) is 0.408. The highest BCUT2D eigenvalue weighted by molar-refractivity contribution is 5.94. The zero-order chi connectivity index (χ0) is 25.2. The first-order chi connectivity index (χ1) is 17.5. The van der Waals surface area contributed by atoms with Gasteiger partial charge >= 0.3 is 0 Å². The van der Waals surface area contributed by atoms with E-state index >= 15 is 0 Å². The van der Waals surface area contributed by atoms with Crippen molar-refractivity contribution in [3.8, 4) is 28.6 Å². The van der Waals surface area contributed by atoms with Crippen LogP contribution in [0.15, 0.2) is 49.1 Å². The van der Waals surface area contributed by atoms with Crippen molar-refractivity contribution < 1.29 is 14.3 Å². The average Bonchev–Trinajstić information content (AvgIpc) is 3.53. The number of amides is 1. The highest BCUT2D eigenvalue weighted by atomic mass is 16.5. The van der Waals surface area contributed by atoms with Gasteiger partial charge in [0.15, 0.2) is 0 Å². The van der Waals surface area contributed by atoms with E-state index in [2.05, 4.69) is 25.0 Å². The number of hydrogen-bond donors (Lipinski definition) is 0. The summed E-state index contributed by atoms with van der Waals surface area (Å²) in [5.74, 6) is 3.75. The van der Waals surface area contributed by atoms with Crippen molar-refractivity contribution in [2.24, 2.45) is 7.05 Å². The maximum atomic E-state index is 13.4. The van der Waals surface area contributed by atoms with Gasteiger partial charge in [-0.25, -0.2) is 15.0 Å². The van der Waals surface area contributed by atoms with Gasteiger partial charge < -0.3 is 19.3 Å². The number of aromatic nitrogens is 6. The van der Waals surface area contributed by atoms with E-state index in [0.29, 0.717) is 49.1 Å². The van der Waals surface area contributed by atoms with Gasteiger partial charge in [-0.15, -0.1) is 0 Å². The van der Waals surface area contributed by atoms with Crippen molar-refractivity contribution in [1.82, 2.24) is 34.2 Å². The van der Waals surface area contributed by atoms with Gasteiger partial charge in [0.25, 0.3) is 5.91 Å². The molecule has 1 fully saturated rings. The van der Waals surface area contributed by atoms with Crippen LogP contribution in [-0.4, -0.2) is 80.5 Å². The third-order valence-electron chi connectivity index (χ3n) is 6.38. The lowest BCUT2D eigenvalue weighted by atomic mass is 10.1. The van der Waals surface area contributed by atoms with Crippen LogP contribution in [0.5, 0.6) is 11.5 Å². The Morgan fingerprint density at radius 2 is 1.72 bits per heavy atom. The Morgan fingerprint density at radius 3 is 2.42 bits per heavy atom. The second kappa shape index (κ2) is 9.68. The highest BCUT2D eigenvalue weighted by Gasteiger charge is 2.26. The highest BCUT2D eigenvalue weighted by Crippen LogP contribution is 2.33. The minimum absolute atomic E-state index is 0.0600.